The van der Waals surface area contributed by atoms with Crippen LogP contribution in [0.2, 0.25) is 0 Å². The first-order valence-electron chi connectivity index (χ1n) is 12.9. The van der Waals surface area contributed by atoms with Crippen molar-refractivity contribution >= 4 is 5.78 Å². The van der Waals surface area contributed by atoms with Gasteiger partial charge in [-0.3, -0.25) is 9.69 Å². The van der Waals surface area contributed by atoms with Gasteiger partial charge in [-0.05, 0) is 42.0 Å². The molecule has 3 rings (SSSR count). The summed E-state index contributed by atoms with van der Waals surface area (Å²) in [6, 6.07) is -0.890. The molecule has 0 radical (unpaired) electrons. The molecule has 4 nitrogen and oxygen atoms in total. The average molecular weight is 328 g/mol. The summed E-state index contributed by atoms with van der Waals surface area (Å²) in [4.78, 5) is 13.9. The zero-order valence-electron chi connectivity index (χ0n) is 24.3. The van der Waals surface area contributed by atoms with Crippen LogP contribution in [0.25, 0.3) is 0 Å². The number of ketones is 1. The molecule has 0 bridgehead atoms. The minimum atomic E-state index is -3.13. The number of Topliss-reactive ketones (excluding diaryl/α,β-unsaturated/α-hetero) is 1. The van der Waals surface area contributed by atoms with E-state index in [9.17, 15) is 4.79 Å². The van der Waals surface area contributed by atoms with Gasteiger partial charge in [0.05, 0.1) is 19.6 Å². The number of benzene rings is 1. The van der Waals surface area contributed by atoms with Crippen LogP contribution in [0, 0.1) is 11.8 Å². The number of rotatable bonds is 4. The molecule has 1 aromatic carbocycles. The van der Waals surface area contributed by atoms with E-state index in [1.54, 1.807) is 13.8 Å². The molecule has 2 atom stereocenters. The molecule has 1 aromatic rings. The standard InChI is InChI=1S/C19H27NO3/c1-12(2)7-14-11-20-6-5-13-8-18(22-3)19(23-4)9-15(13)16(20)10-17(14)21/h8-9,12,14,16H,5-7,10-11H2,1-4H3/i3D3,5D2,6D2,10D2,14D,16D. The number of carbonyl (C=O) groups is 1. The van der Waals surface area contributed by atoms with Gasteiger partial charge >= 0.3 is 0 Å². The monoisotopic (exact) mass is 328 g/mol. The third-order valence-electron chi connectivity index (χ3n) is 3.82. The normalized spacial score (nSPS) is 44.9. The third-order valence-corrected chi connectivity index (χ3v) is 3.82. The minimum Gasteiger partial charge on any atom is -0.493 e. The molecule has 0 aliphatic carbocycles. The van der Waals surface area contributed by atoms with Gasteiger partial charge in [0.15, 0.2) is 11.5 Å². The number of nitrogens with zero attached hydrogens (tertiary/aromatic N) is 1. The van der Waals surface area contributed by atoms with E-state index in [2.05, 4.69) is 0 Å². The summed E-state index contributed by atoms with van der Waals surface area (Å²) >= 11 is 0. The van der Waals surface area contributed by atoms with Crippen molar-refractivity contribution in [3.63, 3.8) is 0 Å². The van der Waals surface area contributed by atoms with Crippen molar-refractivity contribution in [3.8, 4) is 11.5 Å². The van der Waals surface area contributed by atoms with Crippen LogP contribution in [0.5, 0.6) is 11.5 Å². The molecule has 0 amide bonds. The Kier molecular flexibility index (Phi) is 2.14. The topological polar surface area (TPSA) is 38.8 Å². The molecule has 0 spiro atoms. The smallest absolute Gasteiger partial charge is 0.161 e. The number of hydrogen-bond donors (Lipinski definition) is 0. The van der Waals surface area contributed by atoms with Crippen molar-refractivity contribution in [2.75, 3.05) is 27.2 Å². The molecule has 0 aromatic heterocycles. The SMILES string of the molecule is [2H]C([2H])([2H])Oc1cc2c(cc1OC)C1([2H])N(CC([2H])(CC(C)C)C(=O)C1([2H])[2H])C([2H])([2H])C2([2H])[2H]. The van der Waals surface area contributed by atoms with E-state index in [0.29, 0.717) is 4.90 Å². The summed E-state index contributed by atoms with van der Waals surface area (Å²) in [6.07, 6.45) is -6.14. The lowest BCUT2D eigenvalue weighted by atomic mass is 9.80. The molecule has 2 aliphatic rings. The third kappa shape index (κ3) is 3.09. The fraction of sp³-hybridized carbons (Fsp3) is 0.632. The van der Waals surface area contributed by atoms with Gasteiger partial charge in [0.1, 0.15) is 5.78 Å². The van der Waals surface area contributed by atoms with Gasteiger partial charge in [-0.15, -0.1) is 0 Å². The Labute approximate surface area is 154 Å². The van der Waals surface area contributed by atoms with Gasteiger partial charge in [0.25, 0.3) is 0 Å². The Morgan fingerprint density at radius 3 is 2.91 bits per heavy atom. The van der Waals surface area contributed by atoms with E-state index >= 15 is 0 Å². The van der Waals surface area contributed by atoms with E-state index in [1.807, 2.05) is 0 Å². The Balaban J connectivity index is 2.38. The van der Waals surface area contributed by atoms with Crippen molar-refractivity contribution in [3.05, 3.63) is 23.3 Å². The van der Waals surface area contributed by atoms with Crippen LogP contribution >= 0.6 is 0 Å². The summed E-state index contributed by atoms with van der Waals surface area (Å²) < 4.78 is 102. The quantitative estimate of drug-likeness (QED) is 0.850. The lowest BCUT2D eigenvalue weighted by molar-refractivity contribution is -0.129. The van der Waals surface area contributed by atoms with Crippen LogP contribution in [-0.4, -0.2) is 37.9 Å². The van der Waals surface area contributed by atoms with Gasteiger partial charge in [0, 0.05) is 40.9 Å². The maximum absolute atomic E-state index is 13.3. The highest BCUT2D eigenvalue weighted by Gasteiger charge is 2.38. The fourth-order valence-corrected chi connectivity index (χ4v) is 2.79. The largest absolute Gasteiger partial charge is 0.493 e. The number of hydrogen-bond acceptors (Lipinski definition) is 4. The van der Waals surface area contributed by atoms with E-state index in [4.69, 9.17) is 24.6 Å². The molecule has 0 N–H and O–H groups in total. The Hall–Kier alpha value is -1.55. The molecule has 2 aliphatic heterocycles. The first kappa shape index (κ1) is 7.56. The molecule has 4 heteroatoms. The van der Waals surface area contributed by atoms with Gasteiger partial charge in [-0.2, -0.15) is 0 Å². The fourth-order valence-electron chi connectivity index (χ4n) is 2.79. The van der Waals surface area contributed by atoms with Gasteiger partial charge in [-0.25, -0.2) is 0 Å². The second kappa shape index (κ2) is 6.52. The summed E-state index contributed by atoms with van der Waals surface area (Å²) in [7, 11) is -1.79. The zero-order chi connectivity index (χ0) is 26.3. The molecule has 1 fully saturated rings. The van der Waals surface area contributed by atoms with E-state index < -0.39 is 67.4 Å². The number of fused-ring (bicyclic) bond motifs is 3. The molecular weight excluding hydrogens is 290 g/mol. The van der Waals surface area contributed by atoms with Crippen molar-refractivity contribution in [2.24, 2.45) is 11.8 Å². The summed E-state index contributed by atoms with van der Waals surface area (Å²) in [6.45, 7) is -0.323. The number of aryl methyl sites for hydroxylation is 1. The number of piperidine rings is 1. The Morgan fingerprint density at radius 2 is 2.22 bits per heavy atom. The first-order valence-corrected chi connectivity index (χ1v) is 7.41. The van der Waals surface area contributed by atoms with Crippen LogP contribution in [0.15, 0.2) is 12.1 Å². The highest BCUT2D eigenvalue weighted by atomic mass is 16.5. The van der Waals surface area contributed by atoms with Crippen LogP contribution < -0.4 is 9.47 Å². The second-order valence-electron chi connectivity index (χ2n) is 5.98. The number of methoxy groups -OCH3 is 2. The van der Waals surface area contributed by atoms with E-state index in [-0.39, 0.29) is 18.1 Å². The molecule has 2 unspecified atom stereocenters. The Morgan fingerprint density at radius 1 is 1.43 bits per heavy atom. The molecule has 2 heterocycles. The van der Waals surface area contributed by atoms with Crippen LogP contribution in [0.1, 0.15) is 58.9 Å². The second-order valence-corrected chi connectivity index (χ2v) is 5.98. The number of carbonyl (C=O) groups excluding carboxylic acids is 1. The highest BCUT2D eigenvalue weighted by Crippen LogP contribution is 2.42. The maximum Gasteiger partial charge on any atom is 0.161 e. The summed E-state index contributed by atoms with van der Waals surface area (Å²) in [5.41, 5.74) is -0.950. The van der Waals surface area contributed by atoms with Crippen molar-refractivity contribution < 1.29 is 29.3 Å². The average Bonchev–Trinajstić information content (AvgIpc) is 2.66. The van der Waals surface area contributed by atoms with Crippen molar-refractivity contribution in [2.45, 2.75) is 39.0 Å². The van der Waals surface area contributed by atoms with Crippen molar-refractivity contribution in [1.29, 1.82) is 0 Å². The summed E-state index contributed by atoms with van der Waals surface area (Å²) in [5.74, 6) is -4.25. The van der Waals surface area contributed by atoms with Gasteiger partial charge in [-0.1, -0.05) is 13.8 Å². The molecular formula is C19H27NO3. The Bertz CT molecular complexity index is 1010. The van der Waals surface area contributed by atoms with Crippen LogP contribution in [0.4, 0.5) is 0 Å². The number of ether oxygens (including phenoxy) is 2. The molecule has 126 valence electrons. The van der Waals surface area contributed by atoms with Crippen molar-refractivity contribution in [1.82, 2.24) is 4.90 Å². The maximum atomic E-state index is 13.3. The van der Waals surface area contributed by atoms with Gasteiger partial charge < -0.3 is 9.47 Å². The lowest BCUT2D eigenvalue weighted by Crippen LogP contribution is -2.46. The zero-order valence-corrected chi connectivity index (χ0v) is 13.3. The highest BCUT2D eigenvalue weighted by molar-refractivity contribution is 5.83. The lowest BCUT2D eigenvalue weighted by Gasteiger charge is -2.43. The predicted octanol–water partition coefficient (Wildman–Crippen LogP) is 3.24. The molecule has 0 saturated carbocycles. The van der Waals surface area contributed by atoms with Gasteiger partial charge in [0.2, 0.25) is 0 Å². The van der Waals surface area contributed by atoms with E-state index in [0.717, 1.165) is 19.2 Å². The van der Waals surface area contributed by atoms with E-state index in [1.165, 1.54) is 0 Å². The molecule has 23 heavy (non-hydrogen) atoms. The van der Waals surface area contributed by atoms with Crippen LogP contribution in [-0.2, 0) is 11.2 Å². The first-order chi connectivity index (χ1) is 15.2. The van der Waals surface area contributed by atoms with Crippen LogP contribution in [0.3, 0.4) is 0 Å². The summed E-state index contributed by atoms with van der Waals surface area (Å²) in [5, 5.41) is 0. The minimum absolute atomic E-state index is 0.113. The predicted molar refractivity (Wildman–Crippen MR) is 90.1 cm³/mol. The molecule has 1 saturated heterocycles.